The van der Waals surface area contributed by atoms with Gasteiger partial charge in [0.1, 0.15) is 6.04 Å². The Labute approximate surface area is 96.6 Å². The molecule has 1 rings (SSSR count). The third-order valence-corrected chi connectivity index (χ3v) is 2.76. The number of rotatable bonds is 4. The van der Waals surface area contributed by atoms with Gasteiger partial charge < -0.3 is 10.5 Å². The van der Waals surface area contributed by atoms with Crippen molar-refractivity contribution in [3.8, 4) is 0 Å². The molecule has 2 N–H and O–H groups in total. The summed E-state index contributed by atoms with van der Waals surface area (Å²) in [6, 6.07) is 7.70. The van der Waals surface area contributed by atoms with Crippen LogP contribution in [0.3, 0.4) is 0 Å². The second kappa shape index (κ2) is 5.66. The summed E-state index contributed by atoms with van der Waals surface area (Å²) in [7, 11) is 1.36. The lowest BCUT2D eigenvalue weighted by molar-refractivity contribution is -0.143. The van der Waals surface area contributed by atoms with Crippen molar-refractivity contribution in [2.24, 2.45) is 11.7 Å². The van der Waals surface area contributed by atoms with Crippen LogP contribution in [0.5, 0.6) is 0 Å². The molecule has 0 radical (unpaired) electrons. The molecule has 0 amide bonds. The molecule has 2 unspecified atom stereocenters. The fraction of sp³-hybridized carbons (Fsp3) is 0.462. The second-order valence-electron chi connectivity index (χ2n) is 4.22. The molecule has 0 aliphatic rings. The average molecular weight is 221 g/mol. The summed E-state index contributed by atoms with van der Waals surface area (Å²) in [6.45, 7) is 4.01. The van der Waals surface area contributed by atoms with E-state index in [1.807, 2.05) is 13.8 Å². The Kier molecular flexibility index (Phi) is 4.50. The highest BCUT2D eigenvalue weighted by molar-refractivity contribution is 5.75. The SMILES string of the molecule is COC(=O)C(N)C(C)Cc1ccc(C)cc1. The van der Waals surface area contributed by atoms with E-state index in [0.29, 0.717) is 0 Å². The predicted octanol–water partition coefficient (Wildman–Crippen LogP) is 1.67. The Morgan fingerprint density at radius 2 is 1.94 bits per heavy atom. The van der Waals surface area contributed by atoms with E-state index >= 15 is 0 Å². The van der Waals surface area contributed by atoms with Gasteiger partial charge >= 0.3 is 5.97 Å². The van der Waals surface area contributed by atoms with Gasteiger partial charge in [0.2, 0.25) is 0 Å². The molecule has 88 valence electrons. The van der Waals surface area contributed by atoms with Gasteiger partial charge in [0.15, 0.2) is 0 Å². The number of hydrogen-bond donors (Lipinski definition) is 1. The molecule has 0 saturated heterocycles. The van der Waals surface area contributed by atoms with Crippen LogP contribution >= 0.6 is 0 Å². The minimum absolute atomic E-state index is 0.0788. The van der Waals surface area contributed by atoms with E-state index in [4.69, 9.17) is 5.73 Å². The van der Waals surface area contributed by atoms with E-state index in [0.717, 1.165) is 6.42 Å². The van der Waals surface area contributed by atoms with Crippen molar-refractivity contribution >= 4 is 5.97 Å². The first-order chi connectivity index (χ1) is 7.54. The highest BCUT2D eigenvalue weighted by Gasteiger charge is 2.21. The first-order valence-corrected chi connectivity index (χ1v) is 5.43. The number of esters is 1. The van der Waals surface area contributed by atoms with E-state index in [1.54, 1.807) is 0 Å². The summed E-state index contributed by atoms with van der Waals surface area (Å²) in [4.78, 5) is 11.3. The van der Waals surface area contributed by atoms with Crippen LogP contribution in [0, 0.1) is 12.8 Å². The molecule has 0 bridgehead atoms. The summed E-state index contributed by atoms with van der Waals surface area (Å²) in [5, 5.41) is 0. The predicted molar refractivity (Wildman–Crippen MR) is 64.0 cm³/mol. The molecule has 0 aliphatic carbocycles. The second-order valence-corrected chi connectivity index (χ2v) is 4.22. The maximum absolute atomic E-state index is 11.3. The van der Waals surface area contributed by atoms with Gasteiger partial charge in [-0.05, 0) is 24.8 Å². The minimum atomic E-state index is -0.550. The number of methoxy groups -OCH3 is 1. The Morgan fingerprint density at radius 1 is 1.38 bits per heavy atom. The number of aryl methyl sites for hydroxylation is 1. The molecule has 2 atom stereocenters. The Bertz CT molecular complexity index is 345. The Morgan fingerprint density at radius 3 is 2.44 bits per heavy atom. The highest BCUT2D eigenvalue weighted by Crippen LogP contribution is 2.12. The number of carbonyl (C=O) groups excluding carboxylic acids is 1. The zero-order chi connectivity index (χ0) is 12.1. The number of carbonyl (C=O) groups is 1. The van der Waals surface area contributed by atoms with Crippen molar-refractivity contribution in [1.29, 1.82) is 0 Å². The summed E-state index contributed by atoms with van der Waals surface area (Å²) in [5.74, 6) is -0.269. The normalized spacial score (nSPS) is 14.2. The van der Waals surface area contributed by atoms with Crippen molar-refractivity contribution < 1.29 is 9.53 Å². The van der Waals surface area contributed by atoms with Crippen molar-refractivity contribution in [2.75, 3.05) is 7.11 Å². The maximum atomic E-state index is 11.3. The smallest absolute Gasteiger partial charge is 0.322 e. The molecule has 1 aromatic carbocycles. The van der Waals surface area contributed by atoms with Crippen LogP contribution in [0.1, 0.15) is 18.1 Å². The van der Waals surface area contributed by atoms with Crippen molar-refractivity contribution in [1.82, 2.24) is 0 Å². The van der Waals surface area contributed by atoms with Crippen LogP contribution in [0.25, 0.3) is 0 Å². The lowest BCUT2D eigenvalue weighted by atomic mass is 9.94. The van der Waals surface area contributed by atoms with Crippen LogP contribution < -0.4 is 5.73 Å². The molecule has 1 aromatic rings. The van der Waals surface area contributed by atoms with Crippen LogP contribution in [-0.2, 0) is 16.0 Å². The van der Waals surface area contributed by atoms with Gasteiger partial charge in [0.05, 0.1) is 7.11 Å². The van der Waals surface area contributed by atoms with Crippen molar-refractivity contribution in [3.63, 3.8) is 0 Å². The maximum Gasteiger partial charge on any atom is 0.322 e. The largest absolute Gasteiger partial charge is 0.468 e. The van der Waals surface area contributed by atoms with E-state index in [1.165, 1.54) is 18.2 Å². The fourth-order valence-corrected chi connectivity index (χ4v) is 1.59. The van der Waals surface area contributed by atoms with Gasteiger partial charge in [-0.2, -0.15) is 0 Å². The average Bonchev–Trinajstić information content (AvgIpc) is 2.30. The lowest BCUT2D eigenvalue weighted by Crippen LogP contribution is -2.38. The zero-order valence-electron chi connectivity index (χ0n) is 10.1. The van der Waals surface area contributed by atoms with Crippen molar-refractivity contribution in [3.05, 3.63) is 35.4 Å². The third-order valence-electron chi connectivity index (χ3n) is 2.76. The first kappa shape index (κ1) is 12.7. The van der Waals surface area contributed by atoms with Gasteiger partial charge in [-0.3, -0.25) is 4.79 Å². The summed E-state index contributed by atoms with van der Waals surface area (Å²) in [6.07, 6.45) is 0.788. The topological polar surface area (TPSA) is 52.3 Å². The standard InChI is InChI=1S/C13H19NO2/c1-9-4-6-11(7-5-9)8-10(2)12(14)13(15)16-3/h4-7,10,12H,8,14H2,1-3H3. The molecule has 3 heteroatoms. The van der Waals surface area contributed by atoms with Crippen LogP contribution in [0.2, 0.25) is 0 Å². The molecule has 0 aliphatic heterocycles. The van der Waals surface area contributed by atoms with Gasteiger partial charge in [0, 0.05) is 0 Å². The fourth-order valence-electron chi connectivity index (χ4n) is 1.59. The molecule has 0 aromatic heterocycles. The van der Waals surface area contributed by atoms with Gasteiger partial charge in [-0.25, -0.2) is 0 Å². The van der Waals surface area contributed by atoms with Crippen molar-refractivity contribution in [2.45, 2.75) is 26.3 Å². The highest BCUT2D eigenvalue weighted by atomic mass is 16.5. The zero-order valence-corrected chi connectivity index (χ0v) is 10.1. The van der Waals surface area contributed by atoms with Crippen LogP contribution in [0.15, 0.2) is 24.3 Å². The van der Waals surface area contributed by atoms with E-state index in [-0.39, 0.29) is 11.9 Å². The summed E-state index contributed by atoms with van der Waals surface area (Å²) in [5.41, 5.74) is 8.20. The molecule has 0 saturated carbocycles. The van der Waals surface area contributed by atoms with Gasteiger partial charge in [-0.1, -0.05) is 36.8 Å². The quantitative estimate of drug-likeness (QED) is 0.787. The molecule has 3 nitrogen and oxygen atoms in total. The molecular formula is C13H19NO2. The van der Waals surface area contributed by atoms with Gasteiger partial charge in [-0.15, -0.1) is 0 Å². The van der Waals surface area contributed by atoms with E-state index in [2.05, 4.69) is 29.0 Å². The number of hydrogen-bond acceptors (Lipinski definition) is 3. The number of nitrogens with two attached hydrogens (primary N) is 1. The Hall–Kier alpha value is -1.35. The van der Waals surface area contributed by atoms with Gasteiger partial charge in [0.25, 0.3) is 0 Å². The van der Waals surface area contributed by atoms with Crippen LogP contribution in [-0.4, -0.2) is 19.1 Å². The van der Waals surface area contributed by atoms with E-state index in [9.17, 15) is 4.79 Å². The Balaban J connectivity index is 2.60. The first-order valence-electron chi connectivity index (χ1n) is 5.43. The number of benzene rings is 1. The number of ether oxygens (including phenoxy) is 1. The van der Waals surface area contributed by atoms with E-state index < -0.39 is 6.04 Å². The summed E-state index contributed by atoms with van der Waals surface area (Å²) >= 11 is 0. The molecule has 16 heavy (non-hydrogen) atoms. The molecular weight excluding hydrogens is 202 g/mol. The monoisotopic (exact) mass is 221 g/mol. The molecule has 0 heterocycles. The minimum Gasteiger partial charge on any atom is -0.468 e. The lowest BCUT2D eigenvalue weighted by Gasteiger charge is -2.17. The van der Waals surface area contributed by atoms with Crippen LogP contribution in [0.4, 0.5) is 0 Å². The molecule has 0 spiro atoms. The third kappa shape index (κ3) is 3.35. The summed E-state index contributed by atoms with van der Waals surface area (Å²) < 4.78 is 4.63. The molecule has 0 fully saturated rings.